The first-order chi connectivity index (χ1) is 45.2. The summed E-state index contributed by atoms with van der Waals surface area (Å²) in [4.78, 5) is 53.3. The summed E-state index contributed by atoms with van der Waals surface area (Å²) in [6.45, 7) is 0. The maximum atomic E-state index is 6.05. The quantitative estimate of drug-likeness (QED) is 0.133. The average molecular weight is 1270 g/mol. The van der Waals surface area contributed by atoms with E-state index < -0.39 is 0 Å². The van der Waals surface area contributed by atoms with Crippen molar-refractivity contribution in [3.8, 4) is 90.3 Å². The predicted molar refractivity (Wildman–Crippen MR) is 373 cm³/mol. The van der Waals surface area contributed by atoms with E-state index in [4.69, 9.17) is 56.4 Å². The molecule has 0 radical (unpaired) electrons. The third-order valence-corrected chi connectivity index (χ3v) is 15.4. The van der Waals surface area contributed by atoms with Crippen LogP contribution in [0.2, 0.25) is 20.9 Å². The highest BCUT2D eigenvalue weighted by Gasteiger charge is 2.15. The fraction of sp³-hybridized carbons (Fsp3) is 0. The molecule has 0 saturated heterocycles. The molecule has 16 aromatic rings. The molecule has 0 N–H and O–H groups in total. The summed E-state index contributed by atoms with van der Waals surface area (Å²) < 4.78 is 0. The van der Waals surface area contributed by atoms with Crippen LogP contribution in [-0.4, -0.2) is 59.8 Å². The van der Waals surface area contributed by atoms with Crippen LogP contribution < -0.4 is 0 Å². The van der Waals surface area contributed by atoms with Crippen molar-refractivity contribution in [1.82, 2.24) is 59.8 Å². The second kappa shape index (κ2) is 28.1. The summed E-state index contributed by atoms with van der Waals surface area (Å²) in [5.74, 6) is 0.708. The lowest BCUT2D eigenvalue weighted by atomic mass is 10.1. The lowest BCUT2D eigenvalue weighted by molar-refractivity contribution is 1.19. The van der Waals surface area contributed by atoms with Crippen LogP contribution in [0.25, 0.3) is 134 Å². The second-order valence-electron chi connectivity index (χ2n) is 20.6. The lowest BCUT2D eigenvalue weighted by Crippen LogP contribution is -1.94. The van der Waals surface area contributed by atoms with Crippen molar-refractivity contribution in [3.05, 3.63) is 313 Å². The predicted octanol–water partition coefficient (Wildman–Crippen LogP) is 20.0. The molecule has 16 heteroatoms. The molecular formula is C76H48Cl4N12. The van der Waals surface area contributed by atoms with E-state index in [1.807, 2.05) is 237 Å². The molecule has 0 spiro atoms. The molecular weight excluding hydrogens is 1220 g/mol. The summed E-state index contributed by atoms with van der Waals surface area (Å²) in [5.41, 5.74) is 17.2. The molecule has 0 atom stereocenters. The number of nitrogens with zero attached hydrogens (tertiary/aromatic N) is 12. The molecule has 12 nitrogen and oxygen atoms in total. The Bertz CT molecular complexity index is 4790. The highest BCUT2D eigenvalue weighted by molar-refractivity contribution is 6.31. The normalized spacial score (nSPS) is 10.8. The molecule has 8 heterocycles. The standard InChI is InChI=1S/C20H13ClN2.2C19H12ClN3.C18H11ClN4/c21-16-12-10-15(11-13-16)20-22-18-9-5-4-8-17(18)19(23-20)14-6-2-1-3-7-14;2*20-19-22-16-9-5-4-8-15(16)18(23-19)17-11-10-14(12-21-17)13-6-2-1-3-7-13;19-18-22-15-7-2-1-5-13(15)17(23-18)16-9-8-12(11-21-16)14-6-3-4-10-20-14/h1-13H;2*1-12H;1-11H. The number of fused-ring (bicyclic) bond motifs is 4. The molecule has 0 unspecified atom stereocenters. The van der Waals surface area contributed by atoms with Gasteiger partial charge in [-0.05, 0) is 131 Å². The van der Waals surface area contributed by atoms with Crippen molar-refractivity contribution >= 4 is 90.0 Å². The zero-order valence-electron chi connectivity index (χ0n) is 48.6. The first-order valence-electron chi connectivity index (χ1n) is 29.0. The Morgan fingerprint density at radius 3 is 0.946 bits per heavy atom. The van der Waals surface area contributed by atoms with Crippen LogP contribution in [0.15, 0.2) is 292 Å². The Morgan fingerprint density at radius 1 is 0.207 bits per heavy atom. The minimum Gasteiger partial charge on any atom is -0.256 e. The summed E-state index contributed by atoms with van der Waals surface area (Å²) in [5, 5.41) is 5.24. The van der Waals surface area contributed by atoms with Crippen LogP contribution in [0.1, 0.15) is 0 Å². The fourth-order valence-corrected chi connectivity index (χ4v) is 10.9. The summed E-state index contributed by atoms with van der Waals surface area (Å²) in [7, 11) is 0. The second-order valence-corrected chi connectivity index (χ2v) is 22.1. The number of para-hydroxylation sites is 4. The Labute approximate surface area is 549 Å². The van der Waals surface area contributed by atoms with Crippen molar-refractivity contribution < 1.29 is 0 Å². The van der Waals surface area contributed by atoms with Gasteiger partial charge in [-0.3, -0.25) is 19.9 Å². The topological polar surface area (TPSA) is 155 Å². The first-order valence-corrected chi connectivity index (χ1v) is 30.5. The van der Waals surface area contributed by atoms with E-state index in [0.717, 1.165) is 128 Å². The third kappa shape index (κ3) is 14.0. The molecule has 0 aliphatic rings. The molecule has 8 aromatic carbocycles. The van der Waals surface area contributed by atoms with Gasteiger partial charge < -0.3 is 0 Å². The smallest absolute Gasteiger partial charge is 0.223 e. The number of rotatable bonds is 8. The molecule has 0 amide bonds. The molecule has 92 heavy (non-hydrogen) atoms. The van der Waals surface area contributed by atoms with E-state index in [1.165, 1.54) is 0 Å². The minimum atomic E-state index is 0.217. The van der Waals surface area contributed by atoms with Gasteiger partial charge in [-0.15, -0.1) is 0 Å². The Morgan fingerprint density at radius 2 is 0.554 bits per heavy atom. The van der Waals surface area contributed by atoms with Gasteiger partial charge in [-0.2, -0.15) is 0 Å². The van der Waals surface area contributed by atoms with Crippen LogP contribution in [0.3, 0.4) is 0 Å². The largest absolute Gasteiger partial charge is 0.256 e. The number of hydrogen-bond donors (Lipinski definition) is 0. The van der Waals surface area contributed by atoms with Crippen molar-refractivity contribution in [1.29, 1.82) is 0 Å². The minimum absolute atomic E-state index is 0.217. The number of pyridine rings is 4. The molecule has 8 aromatic heterocycles. The van der Waals surface area contributed by atoms with Crippen LogP contribution in [-0.2, 0) is 0 Å². The van der Waals surface area contributed by atoms with Crippen LogP contribution in [0.4, 0.5) is 0 Å². The van der Waals surface area contributed by atoms with Crippen molar-refractivity contribution in [2.45, 2.75) is 0 Å². The molecule has 0 bridgehead atoms. The molecule has 0 saturated carbocycles. The van der Waals surface area contributed by atoms with Gasteiger partial charge in [-0.1, -0.05) is 194 Å². The molecule has 16 rings (SSSR count). The maximum Gasteiger partial charge on any atom is 0.223 e. The lowest BCUT2D eigenvalue weighted by Gasteiger charge is -2.09. The SMILES string of the molecule is Clc1ccc(-c2nc(-c3ccccc3)c3ccccc3n2)cc1.Clc1nc(-c2ccc(-c3ccccc3)cn2)c2ccccc2n1.Clc1nc(-c2ccc(-c3ccccc3)cn2)c2ccccc2n1.Clc1nc(-c2ccc(-c3ccccn3)cn2)c2ccccc2n1. The summed E-state index contributed by atoms with van der Waals surface area (Å²) >= 11 is 24.1. The van der Waals surface area contributed by atoms with Gasteiger partial charge in [0, 0.05) is 79.2 Å². The van der Waals surface area contributed by atoms with Gasteiger partial charge in [0.1, 0.15) is 17.1 Å². The van der Waals surface area contributed by atoms with Crippen LogP contribution >= 0.6 is 46.4 Å². The highest BCUT2D eigenvalue weighted by Crippen LogP contribution is 2.33. The summed E-state index contributed by atoms with van der Waals surface area (Å²) in [6, 6.07) is 87.3. The zero-order valence-corrected chi connectivity index (χ0v) is 51.6. The van der Waals surface area contributed by atoms with Gasteiger partial charge in [0.2, 0.25) is 15.9 Å². The Hall–Kier alpha value is -11.1. The summed E-state index contributed by atoms with van der Waals surface area (Å²) in [6.07, 6.45) is 7.27. The van der Waals surface area contributed by atoms with Crippen molar-refractivity contribution in [3.63, 3.8) is 0 Å². The number of benzene rings is 8. The van der Waals surface area contributed by atoms with E-state index in [-0.39, 0.29) is 15.9 Å². The van der Waals surface area contributed by atoms with E-state index in [9.17, 15) is 0 Å². The number of halogens is 4. The Balaban J connectivity index is 0.000000112. The highest BCUT2D eigenvalue weighted by atomic mass is 35.5. The van der Waals surface area contributed by atoms with Crippen molar-refractivity contribution in [2.24, 2.45) is 0 Å². The van der Waals surface area contributed by atoms with E-state index in [1.54, 1.807) is 12.4 Å². The Kier molecular flexibility index (Phi) is 18.3. The van der Waals surface area contributed by atoms with Crippen LogP contribution in [0.5, 0.6) is 0 Å². The average Bonchev–Trinajstić information content (AvgIpc) is 1.22. The van der Waals surface area contributed by atoms with Gasteiger partial charge in [0.15, 0.2) is 5.82 Å². The van der Waals surface area contributed by atoms with Crippen molar-refractivity contribution in [2.75, 3.05) is 0 Å². The molecule has 0 fully saturated rings. The van der Waals surface area contributed by atoms with E-state index >= 15 is 0 Å². The molecule has 0 aliphatic carbocycles. The number of hydrogen-bond acceptors (Lipinski definition) is 12. The van der Waals surface area contributed by atoms with E-state index in [0.29, 0.717) is 10.8 Å². The van der Waals surface area contributed by atoms with Gasteiger partial charge in [0.25, 0.3) is 0 Å². The van der Waals surface area contributed by atoms with Crippen LogP contribution in [0, 0.1) is 0 Å². The third-order valence-electron chi connectivity index (χ3n) is 14.7. The fourth-order valence-electron chi connectivity index (χ4n) is 10.2. The monoisotopic (exact) mass is 1270 g/mol. The zero-order chi connectivity index (χ0) is 62.6. The van der Waals surface area contributed by atoms with Gasteiger partial charge in [0.05, 0.1) is 50.5 Å². The maximum absolute atomic E-state index is 6.05. The molecule has 0 aliphatic heterocycles. The van der Waals surface area contributed by atoms with Gasteiger partial charge >= 0.3 is 0 Å². The number of aromatic nitrogens is 12. The van der Waals surface area contributed by atoms with E-state index in [2.05, 4.69) is 92.3 Å². The first kappa shape index (κ1) is 59.8. The molecule has 440 valence electrons. The van der Waals surface area contributed by atoms with Gasteiger partial charge in [-0.25, -0.2) is 39.9 Å².